The lowest BCUT2D eigenvalue weighted by molar-refractivity contribution is -0.0438. The maximum absolute atomic E-state index is 6.50. The zero-order chi connectivity index (χ0) is 14.9. The first-order valence-corrected chi connectivity index (χ1v) is 8.37. The highest BCUT2D eigenvalue weighted by molar-refractivity contribution is 5.61. The Labute approximate surface area is 131 Å². The summed E-state index contributed by atoms with van der Waals surface area (Å²) in [5.74, 6) is 3.21. The molecule has 5 atom stereocenters. The molecule has 1 aromatic rings. The van der Waals surface area contributed by atoms with Crippen molar-refractivity contribution >= 4 is 0 Å². The summed E-state index contributed by atoms with van der Waals surface area (Å²) >= 11 is 0. The fourth-order valence-corrected chi connectivity index (χ4v) is 5.72. The Morgan fingerprint density at radius 2 is 2.14 bits per heavy atom. The third kappa shape index (κ3) is 1.32. The summed E-state index contributed by atoms with van der Waals surface area (Å²) in [6.45, 7) is 0. The molecule has 0 N–H and O–H groups in total. The molecular weight excluding hydrogens is 276 g/mol. The van der Waals surface area contributed by atoms with Crippen molar-refractivity contribution in [2.45, 2.75) is 43.3 Å². The standard InChI is InChI=1S/C19H22O3/c1-20-14-7-5-12-10-11-4-3-9-19-13(11)6-8-15(21-2)18(19)22-17(14)16(12)19/h5-8,11,13,15,18H,3-4,9-10H2,1-2H3/t11?,13?,15?,18?,19-/m0/s1. The van der Waals surface area contributed by atoms with Crippen LogP contribution in [0.25, 0.3) is 0 Å². The van der Waals surface area contributed by atoms with Crippen molar-refractivity contribution in [1.29, 1.82) is 0 Å². The Hall–Kier alpha value is -1.48. The van der Waals surface area contributed by atoms with Gasteiger partial charge in [-0.1, -0.05) is 24.6 Å². The van der Waals surface area contributed by atoms with Gasteiger partial charge in [0.05, 0.1) is 7.11 Å². The van der Waals surface area contributed by atoms with Crippen LogP contribution in [0, 0.1) is 11.8 Å². The van der Waals surface area contributed by atoms with E-state index in [0.717, 1.165) is 17.4 Å². The Morgan fingerprint density at radius 1 is 1.23 bits per heavy atom. The summed E-state index contributed by atoms with van der Waals surface area (Å²) < 4.78 is 17.9. The number of methoxy groups -OCH3 is 2. The zero-order valence-electron chi connectivity index (χ0n) is 13.2. The molecule has 3 aliphatic carbocycles. The van der Waals surface area contributed by atoms with E-state index in [1.54, 1.807) is 14.2 Å². The first kappa shape index (κ1) is 13.0. The number of hydrogen-bond donors (Lipinski definition) is 0. The van der Waals surface area contributed by atoms with Gasteiger partial charge in [0.2, 0.25) is 0 Å². The highest BCUT2D eigenvalue weighted by Gasteiger charge is 2.63. The van der Waals surface area contributed by atoms with Crippen LogP contribution >= 0.6 is 0 Å². The van der Waals surface area contributed by atoms with Crippen molar-refractivity contribution in [1.82, 2.24) is 0 Å². The van der Waals surface area contributed by atoms with Crippen LogP contribution in [0.3, 0.4) is 0 Å². The molecule has 116 valence electrons. The molecule has 4 aliphatic rings. The lowest BCUT2D eigenvalue weighted by Crippen LogP contribution is -2.58. The van der Waals surface area contributed by atoms with Gasteiger partial charge in [-0.15, -0.1) is 0 Å². The molecule has 3 heteroatoms. The summed E-state index contributed by atoms with van der Waals surface area (Å²) in [4.78, 5) is 0. The number of ether oxygens (including phenoxy) is 3. The minimum Gasteiger partial charge on any atom is -0.493 e. The Bertz CT molecular complexity index is 665. The van der Waals surface area contributed by atoms with E-state index >= 15 is 0 Å². The molecule has 0 radical (unpaired) electrons. The van der Waals surface area contributed by atoms with E-state index in [9.17, 15) is 0 Å². The Kier molecular flexibility index (Phi) is 2.53. The molecule has 3 nitrogen and oxygen atoms in total. The molecule has 22 heavy (non-hydrogen) atoms. The molecule has 2 bridgehead atoms. The smallest absolute Gasteiger partial charge is 0.165 e. The first-order chi connectivity index (χ1) is 10.8. The van der Waals surface area contributed by atoms with Crippen LogP contribution in [0.2, 0.25) is 0 Å². The quantitative estimate of drug-likeness (QED) is 0.784. The van der Waals surface area contributed by atoms with Crippen LogP contribution in [0.15, 0.2) is 24.3 Å². The Morgan fingerprint density at radius 3 is 2.95 bits per heavy atom. The number of rotatable bonds is 2. The zero-order valence-corrected chi connectivity index (χ0v) is 13.2. The second-order valence-electron chi connectivity index (χ2n) is 7.18. The molecule has 1 spiro atoms. The summed E-state index contributed by atoms with van der Waals surface area (Å²) in [6.07, 6.45) is 9.81. The van der Waals surface area contributed by atoms with Crippen molar-refractivity contribution in [3.8, 4) is 11.5 Å². The summed E-state index contributed by atoms with van der Waals surface area (Å²) in [6, 6.07) is 4.34. The van der Waals surface area contributed by atoms with Crippen LogP contribution in [-0.2, 0) is 16.6 Å². The second kappa shape index (κ2) is 4.29. The van der Waals surface area contributed by atoms with Gasteiger partial charge in [-0.05, 0) is 42.7 Å². The summed E-state index contributed by atoms with van der Waals surface area (Å²) in [5, 5.41) is 0. The van der Waals surface area contributed by atoms with Crippen LogP contribution in [-0.4, -0.2) is 26.4 Å². The topological polar surface area (TPSA) is 27.7 Å². The molecule has 0 saturated heterocycles. The third-order valence-electron chi connectivity index (χ3n) is 6.47. The van der Waals surface area contributed by atoms with E-state index in [0.29, 0.717) is 5.92 Å². The summed E-state index contributed by atoms with van der Waals surface area (Å²) in [5.41, 5.74) is 3.02. The van der Waals surface area contributed by atoms with Gasteiger partial charge >= 0.3 is 0 Å². The van der Waals surface area contributed by atoms with Gasteiger partial charge in [0.25, 0.3) is 0 Å². The van der Waals surface area contributed by atoms with Crippen LogP contribution in [0.4, 0.5) is 0 Å². The van der Waals surface area contributed by atoms with Gasteiger partial charge < -0.3 is 14.2 Å². The molecule has 0 amide bonds. The predicted octanol–water partition coefficient (Wildman–Crippen LogP) is 3.25. The van der Waals surface area contributed by atoms with Gasteiger partial charge in [-0.25, -0.2) is 0 Å². The first-order valence-electron chi connectivity index (χ1n) is 8.37. The molecule has 1 fully saturated rings. The SMILES string of the molecule is COc1ccc2c3c1OC1C(OC)C=CC4C(CCC[C@@]341)C2. The number of allylic oxidation sites excluding steroid dienone is 1. The normalized spacial score (nSPS) is 40.1. The fraction of sp³-hybridized carbons (Fsp3) is 0.579. The van der Waals surface area contributed by atoms with Gasteiger partial charge in [-0.2, -0.15) is 0 Å². The largest absolute Gasteiger partial charge is 0.493 e. The molecule has 1 aliphatic heterocycles. The third-order valence-corrected chi connectivity index (χ3v) is 6.47. The molecule has 4 unspecified atom stereocenters. The van der Waals surface area contributed by atoms with Crippen molar-refractivity contribution in [2.75, 3.05) is 14.2 Å². The molecule has 1 heterocycles. The van der Waals surface area contributed by atoms with Gasteiger partial charge in [0.15, 0.2) is 11.5 Å². The van der Waals surface area contributed by atoms with E-state index in [4.69, 9.17) is 14.2 Å². The van der Waals surface area contributed by atoms with Crippen molar-refractivity contribution in [2.24, 2.45) is 11.8 Å². The van der Waals surface area contributed by atoms with Crippen LogP contribution < -0.4 is 9.47 Å². The molecular formula is C19H22O3. The van der Waals surface area contributed by atoms with Gasteiger partial charge in [0, 0.05) is 18.1 Å². The van der Waals surface area contributed by atoms with E-state index in [-0.39, 0.29) is 17.6 Å². The van der Waals surface area contributed by atoms with Gasteiger partial charge in [0.1, 0.15) is 12.2 Å². The van der Waals surface area contributed by atoms with Gasteiger partial charge in [-0.3, -0.25) is 0 Å². The monoisotopic (exact) mass is 298 g/mol. The summed E-state index contributed by atoms with van der Waals surface area (Å²) in [7, 11) is 3.52. The predicted molar refractivity (Wildman–Crippen MR) is 83.6 cm³/mol. The van der Waals surface area contributed by atoms with Crippen molar-refractivity contribution in [3.05, 3.63) is 35.4 Å². The van der Waals surface area contributed by atoms with E-state index in [2.05, 4.69) is 24.3 Å². The Balaban J connectivity index is 1.81. The highest BCUT2D eigenvalue weighted by Crippen LogP contribution is 2.64. The van der Waals surface area contributed by atoms with E-state index < -0.39 is 0 Å². The van der Waals surface area contributed by atoms with Crippen LogP contribution in [0.1, 0.15) is 30.4 Å². The lowest BCUT2D eigenvalue weighted by atomic mass is 9.50. The maximum Gasteiger partial charge on any atom is 0.165 e. The van der Waals surface area contributed by atoms with Crippen LogP contribution in [0.5, 0.6) is 11.5 Å². The van der Waals surface area contributed by atoms with Crippen molar-refractivity contribution < 1.29 is 14.2 Å². The molecule has 0 aromatic heterocycles. The average molecular weight is 298 g/mol. The highest BCUT2D eigenvalue weighted by atomic mass is 16.6. The van der Waals surface area contributed by atoms with E-state index in [1.807, 2.05) is 0 Å². The number of hydrogen-bond acceptors (Lipinski definition) is 3. The molecule has 1 saturated carbocycles. The minimum atomic E-state index is 0.0399. The van der Waals surface area contributed by atoms with Crippen molar-refractivity contribution in [3.63, 3.8) is 0 Å². The molecule has 1 aromatic carbocycles. The molecule has 5 rings (SSSR count). The number of benzene rings is 1. The van der Waals surface area contributed by atoms with E-state index in [1.165, 1.54) is 36.8 Å². The fourth-order valence-electron chi connectivity index (χ4n) is 5.72. The maximum atomic E-state index is 6.50. The average Bonchev–Trinajstić information content (AvgIpc) is 2.88. The minimum absolute atomic E-state index is 0.0399. The second-order valence-corrected chi connectivity index (χ2v) is 7.18. The lowest BCUT2D eigenvalue weighted by Gasteiger charge is -2.54.